The highest BCUT2D eigenvalue weighted by atomic mass is 16.2. The van der Waals surface area contributed by atoms with Gasteiger partial charge in [-0.05, 0) is 31.4 Å². The van der Waals surface area contributed by atoms with E-state index in [0.717, 1.165) is 43.6 Å². The van der Waals surface area contributed by atoms with Gasteiger partial charge in [0.2, 0.25) is 5.91 Å². The average Bonchev–Trinajstić information content (AvgIpc) is 3.25. The molecule has 0 spiro atoms. The van der Waals surface area contributed by atoms with Crippen molar-refractivity contribution in [3.63, 3.8) is 0 Å². The van der Waals surface area contributed by atoms with Crippen molar-refractivity contribution >= 4 is 16.9 Å². The highest BCUT2D eigenvalue weighted by molar-refractivity contribution is 5.80. The van der Waals surface area contributed by atoms with Crippen molar-refractivity contribution < 1.29 is 4.79 Å². The summed E-state index contributed by atoms with van der Waals surface area (Å²) in [6, 6.07) is 8.23. The van der Waals surface area contributed by atoms with Crippen molar-refractivity contribution in [3.05, 3.63) is 30.1 Å². The first-order valence-electron chi connectivity index (χ1n) is 7.51. The Labute approximate surface area is 119 Å². The highest BCUT2D eigenvalue weighted by Gasteiger charge is 2.29. The Morgan fingerprint density at radius 2 is 2.20 bits per heavy atom. The summed E-state index contributed by atoms with van der Waals surface area (Å²) in [5, 5.41) is 3.01. The fraction of sp³-hybridized carbons (Fsp3) is 0.500. The van der Waals surface area contributed by atoms with Crippen molar-refractivity contribution in [2.75, 3.05) is 6.54 Å². The zero-order valence-corrected chi connectivity index (χ0v) is 11.9. The number of benzene rings is 1. The van der Waals surface area contributed by atoms with Gasteiger partial charge in [0.1, 0.15) is 5.82 Å². The maximum atomic E-state index is 11.6. The Hall–Kier alpha value is -1.84. The SMILES string of the molecule is CCCn1c(CCNC(=O)C2CC2)nc2ccccc21. The molecule has 4 nitrogen and oxygen atoms in total. The van der Waals surface area contributed by atoms with Gasteiger partial charge in [-0.2, -0.15) is 0 Å². The molecule has 1 N–H and O–H groups in total. The molecule has 106 valence electrons. The number of hydrogen-bond donors (Lipinski definition) is 1. The van der Waals surface area contributed by atoms with Crippen LogP contribution in [-0.4, -0.2) is 22.0 Å². The molecule has 1 aromatic heterocycles. The summed E-state index contributed by atoms with van der Waals surface area (Å²) in [4.78, 5) is 16.3. The van der Waals surface area contributed by atoms with Crippen LogP contribution in [0.5, 0.6) is 0 Å². The first-order chi connectivity index (χ1) is 9.79. The number of amides is 1. The molecule has 0 bridgehead atoms. The highest BCUT2D eigenvalue weighted by Crippen LogP contribution is 2.28. The first-order valence-corrected chi connectivity index (χ1v) is 7.51. The van der Waals surface area contributed by atoms with E-state index >= 15 is 0 Å². The van der Waals surface area contributed by atoms with E-state index in [1.807, 2.05) is 12.1 Å². The van der Waals surface area contributed by atoms with E-state index in [1.165, 1.54) is 5.52 Å². The molecule has 0 aliphatic heterocycles. The lowest BCUT2D eigenvalue weighted by molar-refractivity contribution is -0.122. The molecule has 0 radical (unpaired) electrons. The summed E-state index contributed by atoms with van der Waals surface area (Å²) in [7, 11) is 0. The van der Waals surface area contributed by atoms with E-state index in [1.54, 1.807) is 0 Å². The number of carbonyl (C=O) groups excluding carboxylic acids is 1. The Bertz CT molecular complexity index is 613. The van der Waals surface area contributed by atoms with Crippen molar-refractivity contribution in [3.8, 4) is 0 Å². The minimum atomic E-state index is 0.211. The third kappa shape index (κ3) is 2.69. The van der Waals surface area contributed by atoms with E-state index in [0.29, 0.717) is 6.54 Å². The number of aryl methyl sites for hydroxylation is 1. The second-order valence-electron chi connectivity index (χ2n) is 5.48. The first kappa shape index (κ1) is 13.2. The van der Waals surface area contributed by atoms with Gasteiger partial charge < -0.3 is 9.88 Å². The van der Waals surface area contributed by atoms with Gasteiger partial charge in [0.15, 0.2) is 0 Å². The van der Waals surface area contributed by atoms with Gasteiger partial charge in [-0.15, -0.1) is 0 Å². The van der Waals surface area contributed by atoms with Gasteiger partial charge in [-0.3, -0.25) is 4.79 Å². The summed E-state index contributed by atoms with van der Waals surface area (Å²) in [6.07, 6.45) is 4.00. The molecule has 0 atom stereocenters. The third-order valence-corrected chi connectivity index (χ3v) is 3.78. The Kier molecular flexibility index (Phi) is 3.72. The minimum Gasteiger partial charge on any atom is -0.355 e. The zero-order valence-electron chi connectivity index (χ0n) is 11.9. The zero-order chi connectivity index (χ0) is 13.9. The maximum Gasteiger partial charge on any atom is 0.223 e. The van der Waals surface area contributed by atoms with Gasteiger partial charge in [0.05, 0.1) is 11.0 Å². The molecule has 1 aliphatic carbocycles. The molecule has 4 heteroatoms. The van der Waals surface area contributed by atoms with Gasteiger partial charge in [0, 0.05) is 25.4 Å². The molecule has 1 heterocycles. The molecule has 1 amide bonds. The van der Waals surface area contributed by atoms with Crippen LogP contribution in [-0.2, 0) is 17.8 Å². The number of rotatable bonds is 6. The number of fused-ring (bicyclic) bond motifs is 1. The van der Waals surface area contributed by atoms with Gasteiger partial charge in [0.25, 0.3) is 0 Å². The lowest BCUT2D eigenvalue weighted by atomic mass is 10.3. The third-order valence-electron chi connectivity index (χ3n) is 3.78. The van der Waals surface area contributed by atoms with E-state index in [4.69, 9.17) is 4.98 Å². The standard InChI is InChI=1S/C16H21N3O/c1-2-11-19-14-6-4-3-5-13(14)18-15(19)9-10-17-16(20)12-7-8-12/h3-6,12H,2,7-11H2,1H3,(H,17,20). The summed E-state index contributed by atoms with van der Waals surface area (Å²) in [5.41, 5.74) is 2.24. The van der Waals surface area contributed by atoms with Crippen LogP contribution in [0.15, 0.2) is 24.3 Å². The van der Waals surface area contributed by atoms with Crippen LogP contribution >= 0.6 is 0 Å². The number of aromatic nitrogens is 2. The molecule has 3 rings (SSSR count). The lowest BCUT2D eigenvalue weighted by Gasteiger charge is -2.08. The Morgan fingerprint density at radius 3 is 2.95 bits per heavy atom. The van der Waals surface area contributed by atoms with Crippen LogP contribution in [0.4, 0.5) is 0 Å². The number of imidazole rings is 1. The number of nitrogens with zero attached hydrogens (tertiary/aromatic N) is 2. The number of nitrogens with one attached hydrogen (secondary N) is 1. The van der Waals surface area contributed by atoms with Crippen LogP contribution < -0.4 is 5.32 Å². The molecule has 1 aromatic carbocycles. The number of carbonyl (C=O) groups is 1. The summed E-state index contributed by atoms with van der Waals surface area (Å²) in [6.45, 7) is 3.84. The quantitative estimate of drug-likeness (QED) is 0.877. The Morgan fingerprint density at radius 1 is 1.40 bits per heavy atom. The van der Waals surface area contributed by atoms with Crippen LogP contribution in [0.2, 0.25) is 0 Å². The molecular weight excluding hydrogens is 250 g/mol. The lowest BCUT2D eigenvalue weighted by Crippen LogP contribution is -2.27. The van der Waals surface area contributed by atoms with Crippen molar-refractivity contribution in [2.24, 2.45) is 5.92 Å². The normalized spacial score (nSPS) is 14.7. The minimum absolute atomic E-state index is 0.211. The maximum absolute atomic E-state index is 11.6. The second kappa shape index (κ2) is 5.65. The van der Waals surface area contributed by atoms with Crippen molar-refractivity contribution in [1.82, 2.24) is 14.9 Å². The summed E-state index contributed by atoms with van der Waals surface area (Å²) < 4.78 is 2.28. The fourth-order valence-electron chi connectivity index (χ4n) is 2.58. The van der Waals surface area contributed by atoms with Crippen molar-refractivity contribution in [1.29, 1.82) is 0 Å². The van der Waals surface area contributed by atoms with Crippen LogP contribution in [0.25, 0.3) is 11.0 Å². The summed E-state index contributed by atoms with van der Waals surface area (Å²) >= 11 is 0. The largest absolute Gasteiger partial charge is 0.355 e. The van der Waals surface area contributed by atoms with Gasteiger partial charge in [-0.25, -0.2) is 4.98 Å². The molecular formula is C16H21N3O. The monoisotopic (exact) mass is 271 g/mol. The van der Waals surface area contributed by atoms with E-state index in [-0.39, 0.29) is 11.8 Å². The molecule has 0 saturated heterocycles. The summed E-state index contributed by atoms with van der Waals surface area (Å²) in [5.74, 6) is 1.57. The molecule has 0 unspecified atom stereocenters. The smallest absolute Gasteiger partial charge is 0.223 e. The molecule has 1 aliphatic rings. The molecule has 20 heavy (non-hydrogen) atoms. The van der Waals surface area contributed by atoms with E-state index < -0.39 is 0 Å². The van der Waals surface area contributed by atoms with Crippen LogP contribution in [0, 0.1) is 5.92 Å². The van der Waals surface area contributed by atoms with Crippen LogP contribution in [0.3, 0.4) is 0 Å². The number of para-hydroxylation sites is 2. The van der Waals surface area contributed by atoms with Gasteiger partial charge in [-0.1, -0.05) is 19.1 Å². The van der Waals surface area contributed by atoms with E-state index in [2.05, 4.69) is 28.9 Å². The molecule has 1 fully saturated rings. The fourth-order valence-corrected chi connectivity index (χ4v) is 2.58. The number of hydrogen-bond acceptors (Lipinski definition) is 2. The van der Waals surface area contributed by atoms with Crippen molar-refractivity contribution in [2.45, 2.75) is 39.2 Å². The van der Waals surface area contributed by atoms with E-state index in [9.17, 15) is 4.79 Å². The Balaban J connectivity index is 1.72. The predicted molar refractivity (Wildman–Crippen MR) is 79.5 cm³/mol. The topological polar surface area (TPSA) is 46.9 Å². The van der Waals surface area contributed by atoms with Gasteiger partial charge >= 0.3 is 0 Å². The second-order valence-corrected chi connectivity index (χ2v) is 5.48. The van der Waals surface area contributed by atoms with Crippen LogP contribution in [0.1, 0.15) is 32.0 Å². The molecule has 1 saturated carbocycles. The molecule has 2 aromatic rings. The average molecular weight is 271 g/mol. The predicted octanol–water partition coefficient (Wildman–Crippen LogP) is 2.52.